The quantitative estimate of drug-likeness (QED) is 0.239. The molecule has 192 valence electrons. The van der Waals surface area contributed by atoms with Crippen LogP contribution in [-0.2, 0) is 37.6 Å². The van der Waals surface area contributed by atoms with Gasteiger partial charge < -0.3 is 14.6 Å². The Kier molecular flexibility index (Phi) is 6.19. The summed E-state index contributed by atoms with van der Waals surface area (Å²) in [6.07, 6.45) is 0.827. The summed E-state index contributed by atoms with van der Waals surface area (Å²) in [5.41, 5.74) is 5.34. The van der Waals surface area contributed by atoms with Crippen molar-refractivity contribution >= 4 is 16.8 Å². The minimum atomic E-state index is -0.402. The summed E-state index contributed by atoms with van der Waals surface area (Å²) in [6, 6.07) is 23.2. The predicted octanol–water partition coefficient (Wildman–Crippen LogP) is 6.97. The van der Waals surface area contributed by atoms with Crippen molar-refractivity contribution in [2.75, 3.05) is 0 Å². The van der Waals surface area contributed by atoms with Crippen molar-refractivity contribution in [3.63, 3.8) is 0 Å². The molecule has 0 saturated carbocycles. The number of aromatic nitrogens is 1. The van der Waals surface area contributed by atoms with E-state index in [0.717, 1.165) is 28.5 Å². The van der Waals surface area contributed by atoms with Crippen LogP contribution in [0.1, 0.15) is 61.6 Å². The van der Waals surface area contributed by atoms with E-state index in [9.17, 15) is 5.11 Å². The van der Waals surface area contributed by atoms with Crippen molar-refractivity contribution in [2.45, 2.75) is 58.1 Å². The molecule has 6 heteroatoms. The Balaban J connectivity index is 0.00000280. The molecule has 4 aromatic rings. The molecule has 3 aromatic carbocycles. The van der Waals surface area contributed by atoms with Crippen molar-refractivity contribution < 1.29 is 35.6 Å². The number of fused-ring (bicyclic) bond motifs is 4. The largest absolute Gasteiger partial charge is 0.511 e. The third-order valence-electron chi connectivity index (χ3n) is 7.09. The normalized spacial score (nSPS) is 20.0. The summed E-state index contributed by atoms with van der Waals surface area (Å²) >= 11 is 0. The summed E-state index contributed by atoms with van der Waals surface area (Å²) in [5, 5.41) is 11.3. The molecule has 0 spiro atoms. The van der Waals surface area contributed by atoms with Crippen LogP contribution in [0, 0.1) is 13.0 Å². The van der Waals surface area contributed by atoms with Gasteiger partial charge in [-0.15, -0.1) is 11.6 Å². The molecule has 0 unspecified atom stereocenters. The number of ether oxygens (including phenoxy) is 2. The van der Waals surface area contributed by atoms with Crippen LogP contribution < -0.4 is 4.74 Å². The van der Waals surface area contributed by atoms with Crippen molar-refractivity contribution in [3.05, 3.63) is 94.5 Å². The topological polar surface area (TPSA) is 63.9 Å². The zero-order valence-corrected chi connectivity index (χ0v) is 23.8. The third kappa shape index (κ3) is 4.55. The molecule has 37 heavy (non-hydrogen) atoms. The van der Waals surface area contributed by atoms with Crippen molar-refractivity contribution in [1.29, 1.82) is 0 Å². The van der Waals surface area contributed by atoms with Crippen LogP contribution in [0.2, 0.25) is 0 Å². The minimum absolute atomic E-state index is 0. The van der Waals surface area contributed by atoms with Gasteiger partial charge in [0.1, 0.15) is 28.8 Å². The first kappa shape index (κ1) is 25.5. The van der Waals surface area contributed by atoms with Gasteiger partial charge in [-0.05, 0) is 54.2 Å². The van der Waals surface area contributed by atoms with Gasteiger partial charge in [-0.3, -0.25) is 4.99 Å². The number of rotatable bonds is 3. The zero-order chi connectivity index (χ0) is 25.2. The first-order valence-corrected chi connectivity index (χ1v) is 12.3. The van der Waals surface area contributed by atoms with Gasteiger partial charge in [0.2, 0.25) is 5.88 Å². The average Bonchev–Trinajstić information content (AvgIpc) is 3.29. The van der Waals surface area contributed by atoms with E-state index >= 15 is 0 Å². The summed E-state index contributed by atoms with van der Waals surface area (Å²) in [5.74, 6) is 1.65. The van der Waals surface area contributed by atoms with E-state index in [1.807, 2.05) is 31.2 Å². The van der Waals surface area contributed by atoms with Crippen molar-refractivity contribution in [1.82, 2.24) is 4.98 Å². The monoisotopic (exact) mass is 672 g/mol. The molecule has 0 amide bonds. The molecule has 6 rings (SSSR count). The number of pyridine rings is 1. The Morgan fingerprint density at radius 1 is 1.08 bits per heavy atom. The van der Waals surface area contributed by atoms with Crippen LogP contribution in [-0.4, -0.2) is 21.6 Å². The van der Waals surface area contributed by atoms with Gasteiger partial charge in [0.25, 0.3) is 0 Å². The summed E-state index contributed by atoms with van der Waals surface area (Å²) in [4.78, 5) is 9.58. The smallest absolute Gasteiger partial charge is 0.217 e. The van der Waals surface area contributed by atoms with E-state index in [1.54, 1.807) is 6.07 Å². The molecule has 5 nitrogen and oxygen atoms in total. The number of aromatic hydroxyl groups is 1. The second-order valence-electron chi connectivity index (χ2n) is 11.1. The van der Waals surface area contributed by atoms with Crippen LogP contribution in [0.4, 0.5) is 0 Å². The number of phenols is 1. The van der Waals surface area contributed by atoms with Crippen LogP contribution in [0.3, 0.4) is 0 Å². The van der Waals surface area contributed by atoms with Crippen LogP contribution in [0.15, 0.2) is 65.7 Å². The van der Waals surface area contributed by atoms with Gasteiger partial charge in [-0.25, -0.2) is 4.98 Å². The number of benzene rings is 3. The van der Waals surface area contributed by atoms with Gasteiger partial charge >= 0.3 is 0 Å². The van der Waals surface area contributed by atoms with Gasteiger partial charge in [0.05, 0.1) is 0 Å². The number of phenolic OH excluding ortho intramolecular Hbond substituents is 1. The molecule has 2 heterocycles. The van der Waals surface area contributed by atoms with Gasteiger partial charge in [-0.2, -0.15) is 0 Å². The molecule has 0 bridgehead atoms. The SMILES string of the molecule is Cc1cc(O)c2nc(Oc3[c-]c(C4=N[C@H]5c6ccccc6C[C@@]5(C)O4)cc(C(C)(C)C)c3)ccc2c1.[Pt]. The predicted molar refractivity (Wildman–Crippen MR) is 141 cm³/mol. The molecule has 1 aliphatic heterocycles. The zero-order valence-electron chi connectivity index (χ0n) is 21.5. The van der Waals surface area contributed by atoms with E-state index in [-0.39, 0.29) is 38.3 Å². The number of aryl methyl sites for hydroxylation is 1. The maximum atomic E-state index is 10.4. The molecular formula is C31H29N2O3Pt-. The third-order valence-corrected chi connectivity index (χ3v) is 7.09. The minimum Gasteiger partial charge on any atom is -0.511 e. The van der Waals surface area contributed by atoms with Gasteiger partial charge in [0, 0.05) is 44.7 Å². The van der Waals surface area contributed by atoms with Crippen LogP contribution in [0.5, 0.6) is 17.4 Å². The summed E-state index contributed by atoms with van der Waals surface area (Å²) in [7, 11) is 0. The van der Waals surface area contributed by atoms with E-state index in [4.69, 9.17) is 14.5 Å². The van der Waals surface area contributed by atoms with Gasteiger partial charge in [0.15, 0.2) is 0 Å². The van der Waals surface area contributed by atoms with Crippen molar-refractivity contribution in [2.24, 2.45) is 4.99 Å². The maximum Gasteiger partial charge on any atom is 0.217 e. The molecule has 2 atom stereocenters. The standard InChI is InChI=1S/C31H29N2O3.Pt/c1-18-12-19-10-11-26(32-27(19)25(34)13-18)35-23-15-21(14-22(16-23)30(2,3)4)29-33-28-24-9-7-6-8-20(24)17-31(28,5)36-29;/h6-14,16,28,34H,17H2,1-5H3;/q-1;/t28-,31+;/m0./s1. The fraction of sp³-hybridized carbons (Fsp3) is 0.290. The second kappa shape index (κ2) is 8.99. The Morgan fingerprint density at radius 2 is 1.86 bits per heavy atom. The molecule has 0 radical (unpaired) electrons. The Bertz CT molecular complexity index is 1560. The fourth-order valence-electron chi connectivity index (χ4n) is 5.21. The van der Waals surface area contributed by atoms with Crippen LogP contribution in [0.25, 0.3) is 10.9 Å². The van der Waals surface area contributed by atoms with E-state index < -0.39 is 5.60 Å². The Labute approximate surface area is 231 Å². The Morgan fingerprint density at radius 3 is 2.65 bits per heavy atom. The Hall–Kier alpha value is -3.17. The maximum absolute atomic E-state index is 10.4. The van der Waals surface area contributed by atoms with Gasteiger partial charge in [-0.1, -0.05) is 62.7 Å². The molecule has 1 aliphatic carbocycles. The molecule has 1 aromatic heterocycles. The summed E-state index contributed by atoms with van der Waals surface area (Å²) < 4.78 is 12.7. The van der Waals surface area contributed by atoms with E-state index in [0.29, 0.717) is 23.0 Å². The fourth-order valence-corrected chi connectivity index (χ4v) is 5.21. The number of nitrogens with zero attached hydrogens (tertiary/aromatic N) is 2. The molecule has 1 N–H and O–H groups in total. The number of hydrogen-bond acceptors (Lipinski definition) is 5. The molecular weight excluding hydrogens is 643 g/mol. The first-order valence-electron chi connectivity index (χ1n) is 12.3. The number of hydrogen-bond donors (Lipinski definition) is 1. The average molecular weight is 673 g/mol. The van der Waals surface area contributed by atoms with Crippen molar-refractivity contribution in [3.8, 4) is 17.4 Å². The van der Waals surface area contributed by atoms with E-state index in [2.05, 4.69) is 69.1 Å². The molecule has 0 saturated heterocycles. The molecule has 2 aliphatic rings. The van der Waals surface area contributed by atoms with E-state index in [1.165, 1.54) is 11.1 Å². The summed E-state index contributed by atoms with van der Waals surface area (Å²) in [6.45, 7) is 10.6. The number of aliphatic imine (C=N–C) groups is 1. The van der Waals surface area contributed by atoms with Crippen LogP contribution >= 0.6 is 0 Å². The second-order valence-corrected chi connectivity index (χ2v) is 11.1. The molecule has 0 fully saturated rings. The first-order chi connectivity index (χ1) is 17.1.